The zero-order valence-corrected chi connectivity index (χ0v) is 15.8. The van der Waals surface area contributed by atoms with Crippen molar-refractivity contribution in [3.63, 3.8) is 0 Å². The van der Waals surface area contributed by atoms with Crippen LogP contribution in [0.25, 0.3) is 0 Å². The fraction of sp³-hybridized carbons (Fsp3) is 0.579. The molecule has 3 rings (SSSR count). The van der Waals surface area contributed by atoms with E-state index < -0.39 is 0 Å². The molecule has 0 radical (unpaired) electrons. The molecule has 2 saturated heterocycles. The maximum absolute atomic E-state index is 12.7. The van der Waals surface area contributed by atoms with E-state index in [0.717, 1.165) is 19.4 Å². The number of benzene rings is 1. The van der Waals surface area contributed by atoms with Crippen LogP contribution in [-0.2, 0) is 9.59 Å². The molecule has 3 N–H and O–H groups in total. The van der Waals surface area contributed by atoms with Crippen LogP contribution in [0.15, 0.2) is 18.2 Å². The summed E-state index contributed by atoms with van der Waals surface area (Å²) in [6, 6.07) is 4.94. The molecular weight excluding hydrogens is 354 g/mol. The van der Waals surface area contributed by atoms with Crippen molar-refractivity contribution in [3.05, 3.63) is 23.2 Å². The first-order valence-electron chi connectivity index (χ1n) is 9.25. The lowest BCUT2D eigenvalue weighted by molar-refractivity contribution is -0.139. The smallest absolute Gasteiger partial charge is 0.227 e. The van der Waals surface area contributed by atoms with Gasteiger partial charge in [-0.15, -0.1) is 0 Å². The maximum Gasteiger partial charge on any atom is 0.227 e. The molecule has 1 aromatic rings. The molecule has 2 aliphatic rings. The quantitative estimate of drug-likeness (QED) is 0.705. The number of halogens is 1. The topological polar surface area (TPSA) is 81.7 Å². The largest absolute Gasteiger partial charge is 0.506 e. The number of aromatic hydroxyl groups is 1. The Morgan fingerprint density at radius 1 is 1.23 bits per heavy atom. The number of hydrogen-bond acceptors (Lipinski definition) is 4. The van der Waals surface area contributed by atoms with Crippen LogP contribution in [0.2, 0.25) is 5.02 Å². The van der Waals surface area contributed by atoms with E-state index in [2.05, 4.69) is 17.6 Å². The van der Waals surface area contributed by atoms with Gasteiger partial charge in [0.05, 0.1) is 5.69 Å². The number of piperidine rings is 2. The van der Waals surface area contributed by atoms with E-state index in [-0.39, 0.29) is 29.4 Å². The first-order chi connectivity index (χ1) is 12.4. The number of nitrogens with one attached hydrogen (secondary N) is 2. The third-order valence-electron chi connectivity index (χ3n) is 5.37. The Bertz CT molecular complexity index is 674. The van der Waals surface area contributed by atoms with Crippen molar-refractivity contribution in [2.45, 2.75) is 38.6 Å². The molecule has 2 atom stereocenters. The van der Waals surface area contributed by atoms with E-state index in [0.29, 0.717) is 42.7 Å². The van der Waals surface area contributed by atoms with Crippen LogP contribution in [0.5, 0.6) is 5.75 Å². The Kier molecular flexibility index (Phi) is 6.04. The van der Waals surface area contributed by atoms with Gasteiger partial charge in [-0.3, -0.25) is 9.59 Å². The molecule has 6 nitrogen and oxygen atoms in total. The van der Waals surface area contributed by atoms with Crippen molar-refractivity contribution in [2.24, 2.45) is 11.8 Å². The van der Waals surface area contributed by atoms with E-state index in [1.165, 1.54) is 12.1 Å². The van der Waals surface area contributed by atoms with Gasteiger partial charge in [0.2, 0.25) is 11.8 Å². The van der Waals surface area contributed by atoms with Crippen molar-refractivity contribution in [1.82, 2.24) is 10.2 Å². The van der Waals surface area contributed by atoms with Crippen molar-refractivity contribution in [3.8, 4) is 5.75 Å². The number of carbonyl (C=O) groups excluding carboxylic acids is 2. The molecule has 2 aliphatic heterocycles. The lowest BCUT2D eigenvalue weighted by Gasteiger charge is -2.36. The fourth-order valence-corrected chi connectivity index (χ4v) is 3.99. The highest BCUT2D eigenvalue weighted by Crippen LogP contribution is 2.29. The van der Waals surface area contributed by atoms with Crippen LogP contribution in [0.1, 0.15) is 32.6 Å². The van der Waals surface area contributed by atoms with Crippen LogP contribution in [-0.4, -0.2) is 47.5 Å². The Morgan fingerprint density at radius 3 is 2.65 bits per heavy atom. The standard InChI is InChI=1S/C19H26ClN3O3/c1-12-10-14(4-7-21-12)19(26)23-8-5-13(6-9-23)18(25)22-16-11-15(20)2-3-17(16)24/h2-3,11-14,21,24H,4-10H2,1H3,(H,22,25)/t12-,14-/m0/s1. The van der Waals surface area contributed by atoms with Gasteiger partial charge in [0.25, 0.3) is 0 Å². The van der Waals surface area contributed by atoms with Gasteiger partial charge >= 0.3 is 0 Å². The van der Waals surface area contributed by atoms with Gasteiger partial charge in [0, 0.05) is 36.0 Å². The fourth-order valence-electron chi connectivity index (χ4n) is 3.82. The van der Waals surface area contributed by atoms with Crippen LogP contribution in [0.4, 0.5) is 5.69 Å². The van der Waals surface area contributed by atoms with Crippen LogP contribution >= 0.6 is 11.6 Å². The summed E-state index contributed by atoms with van der Waals surface area (Å²) in [6.07, 6.45) is 3.05. The summed E-state index contributed by atoms with van der Waals surface area (Å²) in [5.41, 5.74) is 0.324. The molecule has 2 amide bonds. The zero-order chi connectivity index (χ0) is 18.7. The molecule has 142 valence electrons. The molecule has 0 spiro atoms. The molecule has 26 heavy (non-hydrogen) atoms. The van der Waals surface area contributed by atoms with Gasteiger partial charge in [0.15, 0.2) is 0 Å². The number of phenols is 1. The lowest BCUT2D eigenvalue weighted by Crippen LogP contribution is -2.47. The number of hydrogen-bond donors (Lipinski definition) is 3. The summed E-state index contributed by atoms with van der Waals surface area (Å²) in [6.45, 7) is 4.22. The highest BCUT2D eigenvalue weighted by atomic mass is 35.5. The van der Waals surface area contributed by atoms with E-state index in [9.17, 15) is 14.7 Å². The van der Waals surface area contributed by atoms with Crippen LogP contribution in [0.3, 0.4) is 0 Å². The Hall–Kier alpha value is -1.79. The Labute approximate surface area is 158 Å². The number of carbonyl (C=O) groups is 2. The van der Waals surface area contributed by atoms with Gasteiger partial charge in [0.1, 0.15) is 5.75 Å². The molecule has 0 aliphatic carbocycles. The third-order valence-corrected chi connectivity index (χ3v) is 5.60. The molecule has 0 unspecified atom stereocenters. The predicted octanol–water partition coefficient (Wildman–Crippen LogP) is 2.61. The number of likely N-dealkylation sites (tertiary alicyclic amines) is 1. The second-order valence-electron chi connectivity index (χ2n) is 7.33. The minimum Gasteiger partial charge on any atom is -0.506 e. The molecule has 2 fully saturated rings. The second kappa shape index (κ2) is 8.27. The first kappa shape index (κ1) is 19.0. The Balaban J connectivity index is 1.52. The number of phenolic OH excluding ortho intramolecular Hbond substituents is 1. The van der Waals surface area contributed by atoms with E-state index in [4.69, 9.17) is 11.6 Å². The summed E-state index contributed by atoms with van der Waals surface area (Å²) in [5, 5.41) is 16.4. The van der Waals surface area contributed by atoms with Gasteiger partial charge < -0.3 is 20.6 Å². The molecule has 7 heteroatoms. The zero-order valence-electron chi connectivity index (χ0n) is 15.0. The highest BCUT2D eigenvalue weighted by Gasteiger charge is 2.32. The molecular formula is C19H26ClN3O3. The number of amides is 2. The monoisotopic (exact) mass is 379 g/mol. The summed E-state index contributed by atoms with van der Waals surface area (Å²) in [5.74, 6) is 0.0228. The van der Waals surface area contributed by atoms with Gasteiger partial charge in [-0.2, -0.15) is 0 Å². The van der Waals surface area contributed by atoms with Crippen molar-refractivity contribution in [1.29, 1.82) is 0 Å². The second-order valence-corrected chi connectivity index (χ2v) is 7.76. The van der Waals surface area contributed by atoms with E-state index >= 15 is 0 Å². The van der Waals surface area contributed by atoms with Crippen LogP contribution < -0.4 is 10.6 Å². The normalized spacial score (nSPS) is 24.3. The molecule has 0 saturated carbocycles. The molecule has 0 aromatic heterocycles. The minimum atomic E-state index is -0.163. The SMILES string of the molecule is C[C@H]1C[C@@H](C(=O)N2CCC(C(=O)Nc3cc(Cl)ccc3O)CC2)CCN1. The summed E-state index contributed by atoms with van der Waals surface area (Å²) < 4.78 is 0. The van der Waals surface area contributed by atoms with Gasteiger partial charge in [-0.05, 0) is 57.4 Å². The van der Waals surface area contributed by atoms with Gasteiger partial charge in [-0.25, -0.2) is 0 Å². The average molecular weight is 380 g/mol. The number of anilines is 1. The number of nitrogens with zero attached hydrogens (tertiary/aromatic N) is 1. The molecule has 0 bridgehead atoms. The highest BCUT2D eigenvalue weighted by molar-refractivity contribution is 6.31. The predicted molar refractivity (Wildman–Crippen MR) is 101 cm³/mol. The lowest BCUT2D eigenvalue weighted by atomic mass is 9.90. The van der Waals surface area contributed by atoms with Crippen molar-refractivity contribution >= 4 is 29.1 Å². The third kappa shape index (κ3) is 4.48. The summed E-state index contributed by atoms with van der Waals surface area (Å²) in [4.78, 5) is 27.1. The summed E-state index contributed by atoms with van der Waals surface area (Å²) in [7, 11) is 0. The molecule has 2 heterocycles. The Morgan fingerprint density at radius 2 is 1.96 bits per heavy atom. The van der Waals surface area contributed by atoms with Crippen LogP contribution in [0, 0.1) is 11.8 Å². The minimum absolute atomic E-state index is 0.00427. The number of rotatable bonds is 3. The van der Waals surface area contributed by atoms with Gasteiger partial charge in [-0.1, -0.05) is 11.6 Å². The van der Waals surface area contributed by atoms with Crippen molar-refractivity contribution in [2.75, 3.05) is 25.0 Å². The maximum atomic E-state index is 12.7. The summed E-state index contributed by atoms with van der Waals surface area (Å²) >= 11 is 5.91. The molecule has 1 aromatic carbocycles. The van der Waals surface area contributed by atoms with Crippen molar-refractivity contribution < 1.29 is 14.7 Å². The average Bonchev–Trinajstić information content (AvgIpc) is 2.64. The van der Waals surface area contributed by atoms with E-state index in [1.54, 1.807) is 6.07 Å². The van der Waals surface area contributed by atoms with E-state index in [1.807, 2.05) is 4.90 Å². The first-order valence-corrected chi connectivity index (χ1v) is 9.63.